The van der Waals surface area contributed by atoms with Crippen LogP contribution in [0.15, 0.2) is 16.7 Å². The van der Waals surface area contributed by atoms with E-state index in [-0.39, 0.29) is 0 Å². The van der Waals surface area contributed by atoms with Crippen LogP contribution in [0.1, 0.15) is 6.42 Å². The van der Waals surface area contributed by atoms with E-state index >= 15 is 0 Å². The number of nitrogens with two attached hydrogens (primary N) is 1. The SMILES string of the molecule is Nc1nc2cc(Br)cnc2n1CCCN1CCOCC1. The number of nitrogens with zero attached hydrogens (tertiary/aromatic N) is 4. The van der Waals surface area contributed by atoms with Crippen LogP contribution in [-0.2, 0) is 11.3 Å². The summed E-state index contributed by atoms with van der Waals surface area (Å²) in [5, 5.41) is 0. The zero-order valence-electron chi connectivity index (χ0n) is 11.3. The summed E-state index contributed by atoms with van der Waals surface area (Å²) in [5.74, 6) is 0.535. The average molecular weight is 340 g/mol. The van der Waals surface area contributed by atoms with E-state index in [2.05, 4.69) is 30.8 Å². The molecule has 1 aliphatic rings. The monoisotopic (exact) mass is 339 g/mol. The highest BCUT2D eigenvalue weighted by Gasteiger charge is 2.12. The van der Waals surface area contributed by atoms with Gasteiger partial charge in [-0.15, -0.1) is 0 Å². The Morgan fingerprint density at radius 3 is 2.90 bits per heavy atom. The van der Waals surface area contributed by atoms with Gasteiger partial charge in [0.25, 0.3) is 0 Å². The van der Waals surface area contributed by atoms with Crippen LogP contribution in [0.2, 0.25) is 0 Å². The molecule has 108 valence electrons. The molecule has 7 heteroatoms. The summed E-state index contributed by atoms with van der Waals surface area (Å²) in [5.41, 5.74) is 7.68. The van der Waals surface area contributed by atoms with Gasteiger partial charge >= 0.3 is 0 Å². The van der Waals surface area contributed by atoms with Gasteiger partial charge in [0.15, 0.2) is 5.65 Å². The van der Waals surface area contributed by atoms with E-state index in [1.54, 1.807) is 6.20 Å². The van der Waals surface area contributed by atoms with Crippen LogP contribution in [-0.4, -0.2) is 52.3 Å². The van der Waals surface area contributed by atoms with Crippen molar-refractivity contribution in [3.63, 3.8) is 0 Å². The van der Waals surface area contributed by atoms with Gasteiger partial charge in [0.2, 0.25) is 5.95 Å². The number of fused-ring (bicyclic) bond motifs is 1. The number of imidazole rings is 1. The fraction of sp³-hybridized carbons (Fsp3) is 0.538. The second kappa shape index (κ2) is 6.07. The van der Waals surface area contributed by atoms with Crippen LogP contribution < -0.4 is 5.73 Å². The molecule has 0 radical (unpaired) electrons. The van der Waals surface area contributed by atoms with E-state index in [9.17, 15) is 0 Å². The Hall–Kier alpha value is -1.18. The third-order valence-corrected chi connectivity index (χ3v) is 3.97. The summed E-state index contributed by atoms with van der Waals surface area (Å²) >= 11 is 3.40. The summed E-state index contributed by atoms with van der Waals surface area (Å²) in [6, 6.07) is 1.94. The molecular weight excluding hydrogens is 322 g/mol. The normalized spacial score (nSPS) is 16.9. The highest BCUT2D eigenvalue weighted by atomic mass is 79.9. The van der Waals surface area contributed by atoms with E-state index in [4.69, 9.17) is 10.5 Å². The minimum absolute atomic E-state index is 0.535. The fourth-order valence-corrected chi connectivity index (χ4v) is 2.82. The summed E-state index contributed by atoms with van der Waals surface area (Å²) in [6.45, 7) is 5.61. The number of halogens is 1. The molecule has 3 rings (SSSR count). The Labute approximate surface area is 126 Å². The predicted molar refractivity (Wildman–Crippen MR) is 81.5 cm³/mol. The lowest BCUT2D eigenvalue weighted by molar-refractivity contribution is 0.0370. The minimum Gasteiger partial charge on any atom is -0.379 e. The molecule has 0 aromatic carbocycles. The molecule has 1 aliphatic heterocycles. The van der Waals surface area contributed by atoms with Crippen molar-refractivity contribution in [3.8, 4) is 0 Å². The van der Waals surface area contributed by atoms with Crippen LogP contribution >= 0.6 is 15.9 Å². The number of pyridine rings is 1. The molecule has 0 atom stereocenters. The van der Waals surface area contributed by atoms with Gasteiger partial charge in [-0.25, -0.2) is 9.97 Å². The van der Waals surface area contributed by atoms with Gasteiger partial charge in [-0.2, -0.15) is 0 Å². The average Bonchev–Trinajstić information content (AvgIpc) is 2.75. The number of anilines is 1. The first-order valence-electron chi connectivity index (χ1n) is 6.81. The lowest BCUT2D eigenvalue weighted by Gasteiger charge is -2.26. The predicted octanol–water partition coefficient (Wildman–Crippen LogP) is 1.50. The quantitative estimate of drug-likeness (QED) is 0.914. The molecule has 0 saturated carbocycles. The third-order valence-electron chi connectivity index (χ3n) is 3.54. The van der Waals surface area contributed by atoms with Gasteiger partial charge in [0.05, 0.1) is 13.2 Å². The maximum atomic E-state index is 5.99. The second-order valence-electron chi connectivity index (χ2n) is 4.93. The van der Waals surface area contributed by atoms with Gasteiger partial charge < -0.3 is 10.5 Å². The molecule has 1 saturated heterocycles. The topological polar surface area (TPSA) is 69.2 Å². The van der Waals surface area contributed by atoms with Crippen LogP contribution in [0.25, 0.3) is 11.2 Å². The number of morpholine rings is 1. The van der Waals surface area contributed by atoms with Crippen molar-refractivity contribution < 1.29 is 4.74 Å². The number of hydrogen-bond donors (Lipinski definition) is 1. The number of ether oxygens (including phenoxy) is 1. The zero-order chi connectivity index (χ0) is 13.9. The van der Waals surface area contributed by atoms with Crippen molar-refractivity contribution in [2.45, 2.75) is 13.0 Å². The molecule has 20 heavy (non-hydrogen) atoms. The molecule has 2 N–H and O–H groups in total. The van der Waals surface area contributed by atoms with E-state index in [0.29, 0.717) is 5.95 Å². The summed E-state index contributed by atoms with van der Waals surface area (Å²) in [7, 11) is 0. The number of hydrogen-bond acceptors (Lipinski definition) is 5. The van der Waals surface area contributed by atoms with Crippen molar-refractivity contribution >= 4 is 33.0 Å². The standard InChI is InChI=1S/C13H18BrN5O/c14-10-8-11-12(16-9-10)19(13(15)17-11)3-1-2-18-4-6-20-7-5-18/h8-9H,1-7H2,(H2,15,17). The maximum absolute atomic E-state index is 5.99. The number of rotatable bonds is 4. The molecule has 0 unspecified atom stereocenters. The van der Waals surface area contributed by atoms with E-state index in [1.165, 1.54) is 0 Å². The molecule has 0 amide bonds. The first-order valence-corrected chi connectivity index (χ1v) is 7.61. The summed E-state index contributed by atoms with van der Waals surface area (Å²) in [4.78, 5) is 11.2. The summed E-state index contributed by atoms with van der Waals surface area (Å²) < 4.78 is 8.26. The van der Waals surface area contributed by atoms with E-state index in [0.717, 1.165) is 61.5 Å². The van der Waals surface area contributed by atoms with E-state index in [1.807, 2.05) is 10.6 Å². The molecule has 6 nitrogen and oxygen atoms in total. The van der Waals surface area contributed by atoms with Gasteiger partial charge in [-0.1, -0.05) is 0 Å². The van der Waals surface area contributed by atoms with Crippen LogP contribution in [0.3, 0.4) is 0 Å². The molecule has 2 aromatic rings. The lowest BCUT2D eigenvalue weighted by Crippen LogP contribution is -2.37. The van der Waals surface area contributed by atoms with Crippen molar-refractivity contribution in [1.29, 1.82) is 0 Å². The Kier molecular flexibility index (Phi) is 4.18. The van der Waals surface area contributed by atoms with Gasteiger partial charge in [-0.3, -0.25) is 9.47 Å². The molecule has 0 spiro atoms. The Morgan fingerprint density at radius 1 is 1.30 bits per heavy atom. The molecule has 0 bridgehead atoms. The largest absolute Gasteiger partial charge is 0.379 e. The Bertz CT molecular complexity index is 594. The minimum atomic E-state index is 0.535. The highest BCUT2D eigenvalue weighted by Crippen LogP contribution is 2.19. The second-order valence-corrected chi connectivity index (χ2v) is 5.84. The van der Waals surface area contributed by atoms with Crippen molar-refractivity contribution in [2.75, 3.05) is 38.6 Å². The van der Waals surface area contributed by atoms with Crippen LogP contribution in [0.4, 0.5) is 5.95 Å². The van der Waals surface area contributed by atoms with Gasteiger partial charge in [0, 0.05) is 36.8 Å². The Morgan fingerprint density at radius 2 is 2.10 bits per heavy atom. The molecular formula is C13H18BrN5O. The third kappa shape index (κ3) is 2.94. The van der Waals surface area contributed by atoms with Gasteiger partial charge in [0.1, 0.15) is 5.52 Å². The molecule has 0 aliphatic carbocycles. The smallest absolute Gasteiger partial charge is 0.202 e. The number of nitrogen functional groups attached to an aromatic ring is 1. The highest BCUT2D eigenvalue weighted by molar-refractivity contribution is 9.10. The number of aromatic nitrogens is 3. The molecule has 2 aromatic heterocycles. The van der Waals surface area contributed by atoms with Crippen molar-refractivity contribution in [1.82, 2.24) is 19.4 Å². The molecule has 1 fully saturated rings. The number of aryl methyl sites for hydroxylation is 1. The lowest BCUT2D eigenvalue weighted by atomic mass is 10.3. The zero-order valence-corrected chi connectivity index (χ0v) is 12.8. The Balaban J connectivity index is 1.66. The summed E-state index contributed by atoms with van der Waals surface area (Å²) in [6.07, 6.45) is 2.81. The molecule has 3 heterocycles. The van der Waals surface area contributed by atoms with E-state index < -0.39 is 0 Å². The van der Waals surface area contributed by atoms with Crippen LogP contribution in [0.5, 0.6) is 0 Å². The maximum Gasteiger partial charge on any atom is 0.202 e. The van der Waals surface area contributed by atoms with Crippen molar-refractivity contribution in [3.05, 3.63) is 16.7 Å². The van der Waals surface area contributed by atoms with Gasteiger partial charge in [-0.05, 0) is 28.4 Å². The first-order chi connectivity index (χ1) is 9.74. The van der Waals surface area contributed by atoms with Crippen LogP contribution in [0, 0.1) is 0 Å². The van der Waals surface area contributed by atoms with Crippen molar-refractivity contribution in [2.24, 2.45) is 0 Å². The first kappa shape index (κ1) is 13.8. The fourth-order valence-electron chi connectivity index (χ4n) is 2.50.